The van der Waals surface area contributed by atoms with Crippen molar-refractivity contribution < 1.29 is 5.11 Å². The van der Waals surface area contributed by atoms with Gasteiger partial charge in [-0.1, -0.05) is 86.2 Å². The van der Waals surface area contributed by atoms with Crippen LogP contribution >= 0.6 is 23.5 Å². The minimum Gasteiger partial charge on any atom is -0.387 e. The first-order valence-corrected chi connectivity index (χ1v) is 11.5. The molecule has 0 saturated heterocycles. The fraction of sp³-hybridized carbons (Fsp3) is 0.391. The molecule has 2 atom stereocenters. The standard InChI is InChI=1S/C23H30OS2/c1-3-4-17-25-18-19-26-23(2,21-13-9-6-10-14-21)22(24)16-15-20-11-7-5-8-12-20/h5-16,22,24H,3-4,17-19H2,1-2H3/b16-15+. The lowest BCUT2D eigenvalue weighted by atomic mass is 9.93. The van der Waals surface area contributed by atoms with E-state index in [1.807, 2.05) is 59.9 Å². The van der Waals surface area contributed by atoms with Gasteiger partial charge in [-0.05, 0) is 30.2 Å². The number of thioether (sulfide) groups is 2. The Hall–Kier alpha value is -1.16. The Labute approximate surface area is 167 Å². The molecule has 0 spiro atoms. The number of hydrogen-bond donors (Lipinski definition) is 1. The number of aliphatic hydroxyl groups excluding tert-OH is 1. The maximum absolute atomic E-state index is 11.0. The second-order valence-corrected chi connectivity index (χ2v) is 9.27. The third-order valence-electron chi connectivity index (χ3n) is 4.45. The van der Waals surface area contributed by atoms with Crippen molar-refractivity contribution in [2.75, 3.05) is 17.3 Å². The van der Waals surface area contributed by atoms with Crippen molar-refractivity contribution >= 4 is 29.6 Å². The van der Waals surface area contributed by atoms with Crippen LogP contribution in [0.4, 0.5) is 0 Å². The lowest BCUT2D eigenvalue weighted by Gasteiger charge is -2.33. The molecule has 2 unspecified atom stereocenters. The lowest BCUT2D eigenvalue weighted by Crippen LogP contribution is -2.32. The summed E-state index contributed by atoms with van der Waals surface area (Å²) < 4.78 is -0.349. The minimum absolute atomic E-state index is 0.349. The van der Waals surface area contributed by atoms with Gasteiger partial charge in [0.15, 0.2) is 0 Å². The van der Waals surface area contributed by atoms with Gasteiger partial charge in [0.05, 0.1) is 10.9 Å². The molecular formula is C23H30OS2. The molecule has 0 aromatic heterocycles. The molecule has 0 fully saturated rings. The topological polar surface area (TPSA) is 20.2 Å². The van der Waals surface area contributed by atoms with Crippen molar-refractivity contribution in [2.24, 2.45) is 0 Å². The van der Waals surface area contributed by atoms with E-state index in [4.69, 9.17) is 0 Å². The zero-order chi connectivity index (χ0) is 18.7. The second kappa shape index (κ2) is 11.5. The van der Waals surface area contributed by atoms with E-state index in [9.17, 15) is 5.11 Å². The molecule has 0 bridgehead atoms. The molecule has 0 saturated carbocycles. The van der Waals surface area contributed by atoms with Gasteiger partial charge in [0.2, 0.25) is 0 Å². The van der Waals surface area contributed by atoms with E-state index >= 15 is 0 Å². The summed E-state index contributed by atoms with van der Waals surface area (Å²) in [4.78, 5) is 0. The third kappa shape index (κ3) is 6.53. The van der Waals surface area contributed by atoms with E-state index < -0.39 is 6.10 Å². The van der Waals surface area contributed by atoms with Crippen molar-refractivity contribution in [1.29, 1.82) is 0 Å². The molecule has 0 aliphatic rings. The highest BCUT2D eigenvalue weighted by Gasteiger charge is 2.33. The van der Waals surface area contributed by atoms with Crippen molar-refractivity contribution in [1.82, 2.24) is 0 Å². The van der Waals surface area contributed by atoms with Gasteiger partial charge in [-0.25, -0.2) is 0 Å². The lowest BCUT2D eigenvalue weighted by molar-refractivity contribution is 0.182. The summed E-state index contributed by atoms with van der Waals surface area (Å²) in [7, 11) is 0. The van der Waals surface area contributed by atoms with Crippen LogP contribution in [0.1, 0.15) is 37.8 Å². The summed E-state index contributed by atoms with van der Waals surface area (Å²) in [5, 5.41) is 11.0. The maximum Gasteiger partial charge on any atom is 0.0909 e. The van der Waals surface area contributed by atoms with Crippen LogP contribution in [0.3, 0.4) is 0 Å². The summed E-state index contributed by atoms with van der Waals surface area (Å²) in [5.74, 6) is 3.40. The highest BCUT2D eigenvalue weighted by molar-refractivity contribution is 8.03. The third-order valence-corrected chi connectivity index (χ3v) is 7.27. The summed E-state index contributed by atoms with van der Waals surface area (Å²) in [6.07, 6.45) is 5.94. The molecule has 0 heterocycles. The summed E-state index contributed by atoms with van der Waals surface area (Å²) >= 11 is 3.87. The smallest absolute Gasteiger partial charge is 0.0909 e. The van der Waals surface area contributed by atoms with Crippen LogP contribution in [-0.4, -0.2) is 28.5 Å². The quantitative estimate of drug-likeness (QED) is 0.461. The van der Waals surface area contributed by atoms with Gasteiger partial charge < -0.3 is 5.11 Å². The number of unbranched alkanes of at least 4 members (excludes halogenated alkanes) is 1. The van der Waals surface area contributed by atoms with Crippen LogP contribution < -0.4 is 0 Å². The molecule has 140 valence electrons. The maximum atomic E-state index is 11.0. The van der Waals surface area contributed by atoms with E-state index in [1.54, 1.807) is 0 Å². The van der Waals surface area contributed by atoms with E-state index in [1.165, 1.54) is 24.2 Å². The van der Waals surface area contributed by atoms with Crippen LogP contribution in [0.25, 0.3) is 6.08 Å². The molecule has 0 aliphatic carbocycles. The molecule has 0 amide bonds. The van der Waals surface area contributed by atoms with E-state index in [0.29, 0.717) is 0 Å². The normalized spacial score (nSPS) is 15.0. The largest absolute Gasteiger partial charge is 0.387 e. The van der Waals surface area contributed by atoms with Gasteiger partial charge in [-0.2, -0.15) is 11.8 Å². The molecular weight excluding hydrogens is 356 g/mol. The Balaban J connectivity index is 2.06. The van der Waals surface area contributed by atoms with Gasteiger partial charge in [-0.3, -0.25) is 0 Å². The molecule has 3 heteroatoms. The van der Waals surface area contributed by atoms with E-state index in [2.05, 4.69) is 50.2 Å². The second-order valence-electron chi connectivity index (χ2n) is 6.50. The highest BCUT2D eigenvalue weighted by Crippen LogP contribution is 2.40. The van der Waals surface area contributed by atoms with Gasteiger partial charge in [0, 0.05) is 11.5 Å². The average molecular weight is 387 g/mol. The highest BCUT2D eigenvalue weighted by atomic mass is 32.2. The predicted molar refractivity (Wildman–Crippen MR) is 120 cm³/mol. The van der Waals surface area contributed by atoms with Crippen LogP contribution in [0, 0.1) is 0 Å². The fourth-order valence-electron chi connectivity index (χ4n) is 2.72. The Kier molecular flexibility index (Phi) is 9.38. The minimum atomic E-state index is -0.546. The zero-order valence-electron chi connectivity index (χ0n) is 15.8. The van der Waals surface area contributed by atoms with Crippen LogP contribution in [0.5, 0.6) is 0 Å². The number of rotatable bonds is 11. The van der Waals surface area contributed by atoms with Gasteiger partial charge in [0.1, 0.15) is 0 Å². The number of benzene rings is 2. The monoisotopic (exact) mass is 386 g/mol. The zero-order valence-corrected chi connectivity index (χ0v) is 17.4. The number of hydrogen-bond acceptors (Lipinski definition) is 3. The van der Waals surface area contributed by atoms with Gasteiger partial charge in [0.25, 0.3) is 0 Å². The molecule has 26 heavy (non-hydrogen) atoms. The molecule has 1 nitrogen and oxygen atoms in total. The van der Waals surface area contributed by atoms with Gasteiger partial charge >= 0.3 is 0 Å². The Morgan fingerprint density at radius 3 is 2.27 bits per heavy atom. The fourth-order valence-corrected chi connectivity index (χ4v) is 5.20. The molecule has 2 aromatic carbocycles. The number of aliphatic hydroxyl groups is 1. The average Bonchev–Trinajstić information content (AvgIpc) is 2.70. The predicted octanol–water partition coefficient (Wildman–Crippen LogP) is 6.24. The van der Waals surface area contributed by atoms with Crippen molar-refractivity contribution in [2.45, 2.75) is 37.5 Å². The molecule has 0 radical (unpaired) electrons. The molecule has 2 rings (SSSR count). The molecule has 2 aromatic rings. The van der Waals surface area contributed by atoms with Crippen LogP contribution in [-0.2, 0) is 4.75 Å². The van der Waals surface area contributed by atoms with Crippen LogP contribution in [0.15, 0.2) is 66.7 Å². The first kappa shape index (κ1) is 21.1. The Bertz CT molecular complexity index is 642. The first-order valence-electron chi connectivity index (χ1n) is 9.35. The van der Waals surface area contributed by atoms with Crippen molar-refractivity contribution in [3.05, 3.63) is 77.9 Å². The van der Waals surface area contributed by atoms with Crippen molar-refractivity contribution in [3.63, 3.8) is 0 Å². The first-order chi connectivity index (χ1) is 12.7. The van der Waals surface area contributed by atoms with Crippen LogP contribution in [0.2, 0.25) is 0 Å². The SMILES string of the molecule is CCCCSCCSC(C)(c1ccccc1)C(O)/C=C/c1ccccc1. The summed E-state index contributed by atoms with van der Waals surface area (Å²) in [6, 6.07) is 20.5. The summed E-state index contributed by atoms with van der Waals surface area (Å²) in [6.45, 7) is 4.39. The molecule has 1 N–H and O–H groups in total. The molecule has 0 aliphatic heterocycles. The van der Waals surface area contributed by atoms with Gasteiger partial charge in [-0.15, -0.1) is 11.8 Å². The summed E-state index contributed by atoms with van der Waals surface area (Å²) in [5.41, 5.74) is 2.29. The Morgan fingerprint density at radius 2 is 1.62 bits per heavy atom. The van der Waals surface area contributed by atoms with Crippen molar-refractivity contribution in [3.8, 4) is 0 Å². The van der Waals surface area contributed by atoms with E-state index in [-0.39, 0.29) is 4.75 Å². The van der Waals surface area contributed by atoms with E-state index in [0.717, 1.165) is 17.1 Å². The Morgan fingerprint density at radius 1 is 0.962 bits per heavy atom.